The molecule has 0 saturated carbocycles. The van der Waals surface area contributed by atoms with Crippen LogP contribution in [-0.4, -0.2) is 47.6 Å². The maximum absolute atomic E-state index is 12.6. The van der Waals surface area contributed by atoms with Crippen LogP contribution in [0.2, 0.25) is 0 Å². The smallest absolute Gasteiger partial charge is 0.268 e. The number of nitrogen functional groups attached to an aromatic ring is 1. The van der Waals surface area contributed by atoms with Crippen LogP contribution in [-0.2, 0) is 4.74 Å². The first-order chi connectivity index (χ1) is 9.52. The molecule has 0 bridgehead atoms. The highest BCUT2D eigenvalue weighted by Gasteiger charge is 2.29. The van der Waals surface area contributed by atoms with Crippen molar-refractivity contribution >= 4 is 28.2 Å². The summed E-state index contributed by atoms with van der Waals surface area (Å²) in [6.45, 7) is 7.89. The zero-order chi connectivity index (χ0) is 14.7. The van der Waals surface area contributed by atoms with E-state index in [1.54, 1.807) is 0 Å². The van der Waals surface area contributed by atoms with Crippen molar-refractivity contribution in [1.29, 1.82) is 0 Å². The first-order valence-corrected chi connectivity index (χ1v) is 7.76. The molecule has 1 aliphatic heterocycles. The summed E-state index contributed by atoms with van der Waals surface area (Å²) in [7, 11) is 0. The molecule has 1 amide bonds. The summed E-state index contributed by atoms with van der Waals surface area (Å²) in [5, 5.41) is 3.88. The van der Waals surface area contributed by atoms with Gasteiger partial charge < -0.3 is 20.7 Å². The monoisotopic (exact) mass is 298 g/mol. The lowest BCUT2D eigenvalue weighted by molar-refractivity contribution is -0.00249. The summed E-state index contributed by atoms with van der Waals surface area (Å²) in [5.41, 5.74) is 5.89. The molecule has 3 N–H and O–H groups in total. The average Bonchev–Trinajstić information content (AvgIpc) is 2.77. The molecular weight excluding hydrogens is 276 g/mol. The molecule has 1 fully saturated rings. The Kier molecular flexibility index (Phi) is 4.82. The lowest BCUT2D eigenvalue weighted by atomic mass is 10.1. The number of amides is 1. The van der Waals surface area contributed by atoms with Crippen molar-refractivity contribution in [1.82, 2.24) is 9.88 Å². The standard InChI is InChI=1S/C13H22N4O2S/c1-4-9-7-19-6-5-17(9)12(18)10-11(14)16-13(20-10)15-8(2)3/h8-9H,4-7,14H2,1-3H3,(H,15,16). The van der Waals surface area contributed by atoms with Crippen LogP contribution in [0.25, 0.3) is 0 Å². The predicted octanol–water partition coefficient (Wildman–Crippen LogP) is 1.80. The van der Waals surface area contributed by atoms with E-state index in [1.165, 1.54) is 11.3 Å². The quantitative estimate of drug-likeness (QED) is 0.886. The van der Waals surface area contributed by atoms with Gasteiger partial charge in [-0.3, -0.25) is 4.79 Å². The maximum atomic E-state index is 12.6. The molecule has 1 unspecified atom stereocenters. The third kappa shape index (κ3) is 3.21. The van der Waals surface area contributed by atoms with Crippen molar-refractivity contribution < 1.29 is 9.53 Å². The summed E-state index contributed by atoms with van der Waals surface area (Å²) in [5.74, 6) is 0.274. The molecule has 0 radical (unpaired) electrons. The maximum Gasteiger partial charge on any atom is 0.268 e. The van der Waals surface area contributed by atoms with E-state index in [0.29, 0.717) is 35.6 Å². The molecule has 0 spiro atoms. The Morgan fingerprint density at radius 1 is 1.65 bits per heavy atom. The number of aromatic nitrogens is 1. The number of ether oxygens (including phenoxy) is 1. The van der Waals surface area contributed by atoms with Crippen molar-refractivity contribution in [2.75, 3.05) is 30.8 Å². The van der Waals surface area contributed by atoms with E-state index in [0.717, 1.165) is 6.42 Å². The number of carbonyl (C=O) groups is 1. The van der Waals surface area contributed by atoms with Crippen LogP contribution >= 0.6 is 11.3 Å². The lowest BCUT2D eigenvalue weighted by Gasteiger charge is -2.34. The van der Waals surface area contributed by atoms with Gasteiger partial charge in [-0.05, 0) is 20.3 Å². The normalized spacial score (nSPS) is 19.4. The first kappa shape index (κ1) is 15.1. The van der Waals surface area contributed by atoms with Crippen molar-refractivity contribution in [3.8, 4) is 0 Å². The topological polar surface area (TPSA) is 80.5 Å². The minimum absolute atomic E-state index is 0.0352. The third-order valence-electron chi connectivity index (χ3n) is 3.22. The molecule has 20 heavy (non-hydrogen) atoms. The summed E-state index contributed by atoms with van der Waals surface area (Å²) < 4.78 is 5.43. The highest BCUT2D eigenvalue weighted by molar-refractivity contribution is 7.18. The molecule has 112 valence electrons. The van der Waals surface area contributed by atoms with E-state index in [1.807, 2.05) is 18.7 Å². The molecular formula is C13H22N4O2S. The molecule has 2 heterocycles. The zero-order valence-corrected chi connectivity index (χ0v) is 13.0. The van der Waals surface area contributed by atoms with Gasteiger partial charge >= 0.3 is 0 Å². The number of nitrogens with one attached hydrogen (secondary N) is 1. The van der Waals surface area contributed by atoms with Gasteiger partial charge in [-0.2, -0.15) is 0 Å². The summed E-state index contributed by atoms with van der Waals surface area (Å²) in [6, 6.07) is 0.384. The molecule has 1 saturated heterocycles. The summed E-state index contributed by atoms with van der Waals surface area (Å²) in [6.07, 6.45) is 0.877. The van der Waals surface area contributed by atoms with Crippen LogP contribution in [0, 0.1) is 0 Å². The zero-order valence-electron chi connectivity index (χ0n) is 12.2. The number of carbonyl (C=O) groups excluding carboxylic acids is 1. The molecule has 1 atom stereocenters. The molecule has 1 aromatic rings. The number of thiazole rings is 1. The number of hydrogen-bond donors (Lipinski definition) is 2. The van der Waals surface area contributed by atoms with Gasteiger partial charge in [0.05, 0.1) is 19.3 Å². The summed E-state index contributed by atoms with van der Waals surface area (Å²) >= 11 is 1.32. The van der Waals surface area contributed by atoms with E-state index in [4.69, 9.17) is 10.5 Å². The highest BCUT2D eigenvalue weighted by atomic mass is 32.1. The van der Waals surface area contributed by atoms with Crippen LogP contribution in [0.1, 0.15) is 36.9 Å². The van der Waals surface area contributed by atoms with Gasteiger partial charge in [0.15, 0.2) is 5.13 Å². The lowest BCUT2D eigenvalue weighted by Crippen LogP contribution is -2.48. The van der Waals surface area contributed by atoms with Gasteiger partial charge in [-0.25, -0.2) is 4.98 Å². The Labute approximate surface area is 123 Å². The Morgan fingerprint density at radius 2 is 2.40 bits per heavy atom. The largest absolute Gasteiger partial charge is 0.382 e. The highest BCUT2D eigenvalue weighted by Crippen LogP contribution is 2.28. The van der Waals surface area contributed by atoms with Gasteiger partial charge in [-0.15, -0.1) is 0 Å². The fourth-order valence-corrected chi connectivity index (χ4v) is 3.17. The SMILES string of the molecule is CCC1COCCN1C(=O)c1sc(NC(C)C)nc1N. The Balaban J connectivity index is 2.17. The van der Waals surface area contributed by atoms with Crippen LogP contribution in [0.4, 0.5) is 10.9 Å². The molecule has 1 aliphatic rings. The van der Waals surface area contributed by atoms with E-state index >= 15 is 0 Å². The number of nitrogens with two attached hydrogens (primary N) is 1. The second-order valence-corrected chi connectivity index (χ2v) is 6.17. The van der Waals surface area contributed by atoms with Crippen LogP contribution in [0.3, 0.4) is 0 Å². The van der Waals surface area contributed by atoms with Gasteiger partial charge in [0, 0.05) is 12.6 Å². The fraction of sp³-hybridized carbons (Fsp3) is 0.692. The minimum atomic E-state index is -0.0352. The molecule has 1 aromatic heterocycles. The third-order valence-corrected chi connectivity index (χ3v) is 4.21. The molecule has 2 rings (SSSR count). The Hall–Kier alpha value is -1.34. The van der Waals surface area contributed by atoms with E-state index in [9.17, 15) is 4.79 Å². The molecule has 6 nitrogen and oxygen atoms in total. The van der Waals surface area contributed by atoms with Gasteiger partial charge in [0.1, 0.15) is 10.7 Å². The van der Waals surface area contributed by atoms with Crippen LogP contribution in [0.15, 0.2) is 0 Å². The predicted molar refractivity (Wildman–Crippen MR) is 81.2 cm³/mol. The fourth-order valence-electron chi connectivity index (χ4n) is 2.18. The van der Waals surface area contributed by atoms with Gasteiger partial charge in [-0.1, -0.05) is 18.3 Å². The van der Waals surface area contributed by atoms with Gasteiger partial charge in [0.2, 0.25) is 0 Å². The second kappa shape index (κ2) is 6.41. The number of rotatable bonds is 4. The van der Waals surface area contributed by atoms with E-state index in [2.05, 4.69) is 17.2 Å². The molecule has 7 heteroatoms. The van der Waals surface area contributed by atoms with Crippen molar-refractivity contribution in [2.45, 2.75) is 39.3 Å². The first-order valence-electron chi connectivity index (χ1n) is 6.94. The Bertz CT molecular complexity index is 475. The Morgan fingerprint density at radius 3 is 3.05 bits per heavy atom. The van der Waals surface area contributed by atoms with E-state index in [-0.39, 0.29) is 18.0 Å². The van der Waals surface area contributed by atoms with Crippen LogP contribution in [0.5, 0.6) is 0 Å². The summed E-state index contributed by atoms with van der Waals surface area (Å²) in [4.78, 5) is 19.2. The minimum Gasteiger partial charge on any atom is -0.382 e. The molecule has 0 aromatic carbocycles. The van der Waals surface area contributed by atoms with Crippen molar-refractivity contribution in [3.05, 3.63) is 4.88 Å². The average molecular weight is 298 g/mol. The van der Waals surface area contributed by atoms with Crippen molar-refractivity contribution in [2.24, 2.45) is 0 Å². The second-order valence-electron chi connectivity index (χ2n) is 5.17. The van der Waals surface area contributed by atoms with E-state index < -0.39 is 0 Å². The number of nitrogens with zero attached hydrogens (tertiary/aromatic N) is 2. The number of hydrogen-bond acceptors (Lipinski definition) is 6. The number of anilines is 2. The van der Waals surface area contributed by atoms with Gasteiger partial charge in [0.25, 0.3) is 5.91 Å². The van der Waals surface area contributed by atoms with Crippen LogP contribution < -0.4 is 11.1 Å². The van der Waals surface area contributed by atoms with Crippen molar-refractivity contribution in [3.63, 3.8) is 0 Å². The molecule has 0 aliphatic carbocycles. The number of morpholine rings is 1.